The molecule has 0 saturated carbocycles. The van der Waals surface area contributed by atoms with Crippen LogP contribution >= 0.6 is 0 Å². The van der Waals surface area contributed by atoms with E-state index in [4.69, 9.17) is 10.2 Å². The van der Waals surface area contributed by atoms with Gasteiger partial charge in [0.25, 0.3) is 0 Å². The first-order chi connectivity index (χ1) is 7.52. The van der Waals surface area contributed by atoms with Crippen LogP contribution in [0.25, 0.3) is 0 Å². The number of hydrogen-bond acceptors (Lipinski definition) is 3. The molecule has 3 N–H and O–H groups in total. The summed E-state index contributed by atoms with van der Waals surface area (Å²) in [6.45, 7) is -0.481. The number of rotatable bonds is 4. The van der Waals surface area contributed by atoms with Crippen molar-refractivity contribution in [2.75, 3.05) is 6.54 Å². The van der Waals surface area contributed by atoms with Gasteiger partial charge in [-0.1, -0.05) is 12.2 Å². The summed E-state index contributed by atoms with van der Waals surface area (Å²) in [6, 6.07) is 0. The van der Waals surface area contributed by atoms with E-state index < -0.39 is 36.2 Å². The van der Waals surface area contributed by atoms with Crippen molar-refractivity contribution in [3.05, 3.63) is 12.2 Å². The van der Waals surface area contributed by atoms with Gasteiger partial charge in [0.15, 0.2) is 0 Å². The zero-order valence-corrected chi connectivity index (χ0v) is 8.55. The maximum Gasteiger partial charge on any atom is 0.322 e. The van der Waals surface area contributed by atoms with Crippen molar-refractivity contribution in [1.82, 2.24) is 5.32 Å². The summed E-state index contributed by atoms with van der Waals surface area (Å²) in [5, 5.41) is 19.5. The van der Waals surface area contributed by atoms with Crippen LogP contribution in [-0.2, 0) is 14.4 Å². The molecule has 1 amide bonds. The van der Waals surface area contributed by atoms with E-state index in [2.05, 4.69) is 5.32 Å². The van der Waals surface area contributed by atoms with Crippen LogP contribution in [0.2, 0.25) is 0 Å². The van der Waals surface area contributed by atoms with Crippen molar-refractivity contribution in [2.45, 2.75) is 12.8 Å². The lowest BCUT2D eigenvalue weighted by Gasteiger charge is -2.23. The van der Waals surface area contributed by atoms with Gasteiger partial charge in [-0.15, -0.1) is 0 Å². The first kappa shape index (κ1) is 12.2. The van der Waals surface area contributed by atoms with Crippen LogP contribution in [-0.4, -0.2) is 34.6 Å². The molecule has 6 nitrogen and oxygen atoms in total. The highest BCUT2D eigenvalue weighted by atomic mass is 16.4. The van der Waals surface area contributed by atoms with Crippen molar-refractivity contribution in [3.63, 3.8) is 0 Å². The second-order valence-electron chi connectivity index (χ2n) is 3.61. The van der Waals surface area contributed by atoms with Crippen molar-refractivity contribution >= 4 is 17.8 Å². The summed E-state index contributed by atoms with van der Waals surface area (Å²) in [6.07, 6.45) is 4.10. The predicted molar refractivity (Wildman–Crippen MR) is 53.6 cm³/mol. The summed E-state index contributed by atoms with van der Waals surface area (Å²) in [7, 11) is 0. The Labute approximate surface area is 92.0 Å². The second kappa shape index (κ2) is 5.29. The fourth-order valence-electron chi connectivity index (χ4n) is 1.67. The molecule has 88 valence electrons. The van der Waals surface area contributed by atoms with Gasteiger partial charge >= 0.3 is 11.9 Å². The monoisotopic (exact) mass is 227 g/mol. The van der Waals surface area contributed by atoms with Gasteiger partial charge in [-0.25, -0.2) is 0 Å². The Balaban J connectivity index is 2.62. The molecule has 2 atom stereocenters. The molecule has 0 aliphatic heterocycles. The van der Waals surface area contributed by atoms with E-state index in [1.807, 2.05) is 0 Å². The Morgan fingerprint density at radius 2 is 1.69 bits per heavy atom. The third-order valence-electron chi connectivity index (χ3n) is 2.50. The Bertz CT molecular complexity index is 336. The van der Waals surface area contributed by atoms with Crippen molar-refractivity contribution in [3.8, 4) is 0 Å². The molecule has 0 aromatic rings. The zero-order chi connectivity index (χ0) is 12.1. The first-order valence-corrected chi connectivity index (χ1v) is 4.89. The normalized spacial score (nSPS) is 23.8. The highest BCUT2D eigenvalue weighted by Gasteiger charge is 2.33. The third kappa shape index (κ3) is 3.08. The summed E-state index contributed by atoms with van der Waals surface area (Å²) >= 11 is 0. The van der Waals surface area contributed by atoms with Crippen LogP contribution in [0.1, 0.15) is 12.8 Å². The number of carboxylic acid groups (broad SMARTS) is 2. The lowest BCUT2D eigenvalue weighted by molar-refractivity contribution is -0.147. The lowest BCUT2D eigenvalue weighted by atomic mass is 9.82. The van der Waals surface area contributed by atoms with Gasteiger partial charge in [0.2, 0.25) is 5.91 Å². The Kier molecular flexibility index (Phi) is 4.04. The molecular weight excluding hydrogens is 214 g/mol. The molecule has 0 aromatic heterocycles. The third-order valence-corrected chi connectivity index (χ3v) is 2.50. The molecule has 0 heterocycles. The highest BCUT2D eigenvalue weighted by Crippen LogP contribution is 2.25. The van der Waals surface area contributed by atoms with Gasteiger partial charge in [-0.2, -0.15) is 0 Å². The van der Waals surface area contributed by atoms with Crippen LogP contribution in [0.5, 0.6) is 0 Å². The standard InChI is InChI=1S/C10H13NO5/c12-8(13)5-11-9(14)6-3-1-2-4-7(6)10(15)16/h1-2,6-7H,3-5H2,(H,11,14)(H,12,13)(H,15,16)/t6-,7+/m1/s1. The number of carbonyl (C=O) groups is 3. The quantitative estimate of drug-likeness (QED) is 0.579. The zero-order valence-electron chi connectivity index (χ0n) is 8.55. The van der Waals surface area contributed by atoms with Crippen LogP contribution in [0.15, 0.2) is 12.2 Å². The van der Waals surface area contributed by atoms with Gasteiger partial charge in [-0.05, 0) is 12.8 Å². The smallest absolute Gasteiger partial charge is 0.322 e. The van der Waals surface area contributed by atoms with E-state index in [9.17, 15) is 14.4 Å². The minimum atomic E-state index is -1.15. The van der Waals surface area contributed by atoms with E-state index in [-0.39, 0.29) is 0 Å². The Morgan fingerprint density at radius 3 is 2.19 bits per heavy atom. The van der Waals surface area contributed by atoms with Gasteiger partial charge in [-0.3, -0.25) is 14.4 Å². The SMILES string of the molecule is O=C(O)CNC(=O)[C@@H]1CC=CC[C@@H]1C(=O)O. The van der Waals surface area contributed by atoms with Gasteiger partial charge < -0.3 is 15.5 Å². The highest BCUT2D eigenvalue weighted by molar-refractivity contribution is 5.87. The summed E-state index contributed by atoms with van der Waals surface area (Å²) in [4.78, 5) is 32.7. The molecule has 1 aliphatic rings. The maximum absolute atomic E-state index is 11.5. The molecule has 6 heteroatoms. The molecule has 1 aliphatic carbocycles. The van der Waals surface area contributed by atoms with E-state index in [0.717, 1.165) is 0 Å². The Hall–Kier alpha value is -1.85. The number of aliphatic carboxylic acids is 2. The van der Waals surface area contributed by atoms with Gasteiger partial charge in [0.05, 0.1) is 11.8 Å². The van der Waals surface area contributed by atoms with Crippen molar-refractivity contribution < 1.29 is 24.6 Å². The average molecular weight is 227 g/mol. The van der Waals surface area contributed by atoms with E-state index in [1.54, 1.807) is 12.2 Å². The van der Waals surface area contributed by atoms with Crippen LogP contribution in [0.4, 0.5) is 0 Å². The molecule has 16 heavy (non-hydrogen) atoms. The minimum absolute atomic E-state index is 0.306. The van der Waals surface area contributed by atoms with E-state index in [0.29, 0.717) is 12.8 Å². The molecule has 0 saturated heterocycles. The maximum atomic E-state index is 11.5. The minimum Gasteiger partial charge on any atom is -0.481 e. The average Bonchev–Trinajstić information content (AvgIpc) is 2.25. The molecule has 0 fully saturated rings. The van der Waals surface area contributed by atoms with Crippen molar-refractivity contribution in [1.29, 1.82) is 0 Å². The molecule has 0 aromatic carbocycles. The van der Waals surface area contributed by atoms with Gasteiger partial charge in [0, 0.05) is 0 Å². The number of carboxylic acids is 2. The van der Waals surface area contributed by atoms with E-state index >= 15 is 0 Å². The fraction of sp³-hybridized carbons (Fsp3) is 0.500. The van der Waals surface area contributed by atoms with E-state index in [1.165, 1.54) is 0 Å². The largest absolute Gasteiger partial charge is 0.481 e. The van der Waals surface area contributed by atoms with Gasteiger partial charge in [0.1, 0.15) is 6.54 Å². The predicted octanol–water partition coefficient (Wildman–Crippen LogP) is -0.146. The molecule has 1 rings (SSSR count). The number of nitrogens with one attached hydrogen (secondary N) is 1. The molecule has 0 unspecified atom stereocenters. The fourth-order valence-corrected chi connectivity index (χ4v) is 1.67. The van der Waals surface area contributed by atoms with Crippen molar-refractivity contribution in [2.24, 2.45) is 11.8 Å². The topological polar surface area (TPSA) is 104 Å². The van der Waals surface area contributed by atoms with Crippen LogP contribution in [0.3, 0.4) is 0 Å². The summed E-state index contributed by atoms with van der Waals surface area (Å²) in [5.41, 5.74) is 0. The number of carbonyl (C=O) groups excluding carboxylic acids is 1. The summed E-state index contributed by atoms with van der Waals surface area (Å²) < 4.78 is 0. The van der Waals surface area contributed by atoms with Crippen LogP contribution < -0.4 is 5.32 Å². The molecular formula is C10H13NO5. The molecule has 0 spiro atoms. The molecule has 0 radical (unpaired) electrons. The lowest BCUT2D eigenvalue weighted by Crippen LogP contribution is -2.40. The number of amides is 1. The first-order valence-electron chi connectivity index (χ1n) is 4.89. The number of hydrogen-bond donors (Lipinski definition) is 3. The molecule has 0 bridgehead atoms. The Morgan fingerprint density at radius 1 is 1.12 bits per heavy atom. The number of allylic oxidation sites excluding steroid dienone is 2. The second-order valence-corrected chi connectivity index (χ2v) is 3.61. The summed E-state index contributed by atoms with van der Waals surface area (Å²) in [5.74, 6) is -4.13. The van der Waals surface area contributed by atoms with Crippen LogP contribution in [0, 0.1) is 11.8 Å².